The quantitative estimate of drug-likeness (QED) is 0.666. The van der Waals surface area contributed by atoms with E-state index in [1.165, 1.54) is 19.3 Å². The topological polar surface area (TPSA) is 26.3 Å². The fourth-order valence-electron chi connectivity index (χ4n) is 2.16. The molecule has 1 aliphatic carbocycles. The second-order valence-corrected chi connectivity index (χ2v) is 5.74. The molecule has 0 amide bonds. The summed E-state index contributed by atoms with van der Waals surface area (Å²) < 4.78 is 5.27. The molecule has 0 radical (unpaired) electrons. The van der Waals surface area contributed by atoms with Gasteiger partial charge in [-0.2, -0.15) is 0 Å². The first-order valence-electron chi connectivity index (χ1n) is 6.12. The summed E-state index contributed by atoms with van der Waals surface area (Å²) in [6.45, 7) is 8.00. The van der Waals surface area contributed by atoms with Crippen LogP contribution in [-0.4, -0.2) is 11.6 Å². The molecule has 0 unspecified atom stereocenters. The van der Waals surface area contributed by atoms with E-state index >= 15 is 0 Å². The molecule has 0 spiro atoms. The third kappa shape index (κ3) is 4.67. The number of hydrogen-bond donors (Lipinski definition) is 0. The Bertz CT molecular complexity index is 209. The zero-order valence-corrected chi connectivity index (χ0v) is 10.5. The lowest BCUT2D eigenvalue weighted by atomic mass is 9.72. The van der Waals surface area contributed by atoms with Gasteiger partial charge in [-0.05, 0) is 51.9 Å². The highest BCUT2D eigenvalue weighted by molar-refractivity contribution is 5.69. The van der Waals surface area contributed by atoms with Gasteiger partial charge in [0, 0.05) is 6.42 Å². The molecule has 1 rings (SSSR count). The molecule has 0 aromatic heterocycles. The smallest absolute Gasteiger partial charge is 0.306 e. The molecule has 2 heteroatoms. The number of esters is 1. The van der Waals surface area contributed by atoms with Crippen molar-refractivity contribution in [2.24, 2.45) is 11.8 Å². The fourth-order valence-corrected chi connectivity index (χ4v) is 2.16. The van der Waals surface area contributed by atoms with Crippen molar-refractivity contribution in [3.8, 4) is 0 Å². The average Bonchev–Trinajstić information content (AvgIpc) is 1.98. The van der Waals surface area contributed by atoms with Crippen LogP contribution in [0.1, 0.15) is 59.8 Å². The second kappa shape index (κ2) is 5.00. The first kappa shape index (κ1) is 12.5. The Labute approximate surface area is 93.4 Å². The molecular weight excluding hydrogens is 188 g/mol. The Kier molecular flexibility index (Phi) is 4.18. The van der Waals surface area contributed by atoms with Gasteiger partial charge < -0.3 is 4.74 Å². The van der Waals surface area contributed by atoms with Crippen molar-refractivity contribution >= 4 is 5.97 Å². The Morgan fingerprint density at radius 3 is 2.33 bits per heavy atom. The van der Waals surface area contributed by atoms with E-state index in [9.17, 15) is 4.79 Å². The lowest BCUT2D eigenvalue weighted by Crippen LogP contribution is -2.26. The Morgan fingerprint density at radius 2 is 1.87 bits per heavy atom. The van der Waals surface area contributed by atoms with Crippen LogP contribution in [0.25, 0.3) is 0 Å². The van der Waals surface area contributed by atoms with E-state index in [0.29, 0.717) is 6.42 Å². The van der Waals surface area contributed by atoms with E-state index in [4.69, 9.17) is 4.74 Å². The van der Waals surface area contributed by atoms with Crippen LogP contribution in [0.2, 0.25) is 0 Å². The maximum absolute atomic E-state index is 11.4. The molecule has 0 bridgehead atoms. The van der Waals surface area contributed by atoms with Gasteiger partial charge in [-0.25, -0.2) is 0 Å². The fraction of sp³-hybridized carbons (Fsp3) is 0.923. The van der Waals surface area contributed by atoms with Gasteiger partial charge in [0.2, 0.25) is 0 Å². The molecule has 88 valence electrons. The van der Waals surface area contributed by atoms with E-state index < -0.39 is 0 Å². The lowest BCUT2D eigenvalue weighted by Gasteiger charge is -2.34. The number of carbonyl (C=O) groups excluding carboxylic acids is 1. The third-order valence-corrected chi connectivity index (χ3v) is 3.09. The molecule has 0 aliphatic heterocycles. The largest absolute Gasteiger partial charge is 0.460 e. The third-order valence-electron chi connectivity index (χ3n) is 3.09. The molecule has 0 saturated heterocycles. The number of hydrogen-bond acceptors (Lipinski definition) is 2. The van der Waals surface area contributed by atoms with E-state index in [-0.39, 0.29) is 11.6 Å². The minimum Gasteiger partial charge on any atom is -0.460 e. The molecule has 15 heavy (non-hydrogen) atoms. The molecular formula is C13H24O2. The number of carbonyl (C=O) groups is 1. The summed E-state index contributed by atoms with van der Waals surface area (Å²) in [4.78, 5) is 11.4. The van der Waals surface area contributed by atoms with E-state index in [2.05, 4.69) is 6.92 Å². The van der Waals surface area contributed by atoms with Crippen molar-refractivity contribution in [2.45, 2.75) is 65.4 Å². The van der Waals surface area contributed by atoms with Crippen molar-refractivity contribution in [1.82, 2.24) is 0 Å². The summed E-state index contributed by atoms with van der Waals surface area (Å²) in [5, 5.41) is 0. The molecule has 0 N–H and O–H groups in total. The molecule has 0 aromatic carbocycles. The van der Waals surface area contributed by atoms with Gasteiger partial charge in [0.1, 0.15) is 5.60 Å². The van der Waals surface area contributed by atoms with Gasteiger partial charge in [-0.3, -0.25) is 4.79 Å². The minimum atomic E-state index is -0.331. The summed E-state index contributed by atoms with van der Waals surface area (Å²) >= 11 is 0. The van der Waals surface area contributed by atoms with E-state index in [1.807, 2.05) is 20.8 Å². The zero-order chi connectivity index (χ0) is 11.5. The summed E-state index contributed by atoms with van der Waals surface area (Å²) in [6, 6.07) is 0. The highest BCUT2D eigenvalue weighted by Gasteiger charge is 2.28. The SMILES string of the molecule is CCC1CC(CCC(=O)OC(C)(C)C)C1. The summed E-state index contributed by atoms with van der Waals surface area (Å²) in [6.07, 6.45) is 5.55. The maximum Gasteiger partial charge on any atom is 0.306 e. The van der Waals surface area contributed by atoms with Crippen LogP contribution in [0, 0.1) is 11.8 Å². The lowest BCUT2D eigenvalue weighted by molar-refractivity contribution is -0.155. The van der Waals surface area contributed by atoms with Crippen LogP contribution in [0.15, 0.2) is 0 Å². The van der Waals surface area contributed by atoms with Crippen LogP contribution in [0.3, 0.4) is 0 Å². The van der Waals surface area contributed by atoms with Crippen molar-refractivity contribution in [3.05, 3.63) is 0 Å². The molecule has 1 aliphatic rings. The van der Waals surface area contributed by atoms with Crippen molar-refractivity contribution in [2.75, 3.05) is 0 Å². The average molecular weight is 212 g/mol. The Balaban J connectivity index is 2.08. The van der Waals surface area contributed by atoms with Crippen LogP contribution >= 0.6 is 0 Å². The number of rotatable bonds is 4. The molecule has 1 saturated carbocycles. The number of ether oxygens (including phenoxy) is 1. The summed E-state index contributed by atoms with van der Waals surface area (Å²) in [5.41, 5.74) is -0.331. The molecule has 2 nitrogen and oxygen atoms in total. The zero-order valence-electron chi connectivity index (χ0n) is 10.5. The van der Waals surface area contributed by atoms with Crippen molar-refractivity contribution < 1.29 is 9.53 Å². The van der Waals surface area contributed by atoms with Gasteiger partial charge >= 0.3 is 5.97 Å². The van der Waals surface area contributed by atoms with E-state index in [1.54, 1.807) is 0 Å². The Hall–Kier alpha value is -0.530. The first-order chi connectivity index (χ1) is 6.90. The van der Waals surface area contributed by atoms with Crippen molar-refractivity contribution in [3.63, 3.8) is 0 Å². The highest BCUT2D eigenvalue weighted by atomic mass is 16.6. The van der Waals surface area contributed by atoms with Crippen LogP contribution in [0.5, 0.6) is 0 Å². The van der Waals surface area contributed by atoms with Gasteiger partial charge in [-0.1, -0.05) is 13.3 Å². The molecule has 0 heterocycles. The highest BCUT2D eigenvalue weighted by Crippen LogP contribution is 2.38. The predicted octanol–water partition coefficient (Wildman–Crippen LogP) is 3.54. The molecule has 1 fully saturated rings. The van der Waals surface area contributed by atoms with Gasteiger partial charge in [-0.15, -0.1) is 0 Å². The second-order valence-electron chi connectivity index (χ2n) is 5.74. The Morgan fingerprint density at radius 1 is 1.27 bits per heavy atom. The summed E-state index contributed by atoms with van der Waals surface area (Å²) in [7, 11) is 0. The van der Waals surface area contributed by atoms with Gasteiger partial charge in [0.15, 0.2) is 0 Å². The normalized spacial score (nSPS) is 25.9. The maximum atomic E-state index is 11.4. The van der Waals surface area contributed by atoms with E-state index in [0.717, 1.165) is 18.3 Å². The van der Waals surface area contributed by atoms with Crippen LogP contribution in [0.4, 0.5) is 0 Å². The van der Waals surface area contributed by atoms with Crippen LogP contribution in [-0.2, 0) is 9.53 Å². The summed E-state index contributed by atoms with van der Waals surface area (Å²) in [5.74, 6) is 1.67. The van der Waals surface area contributed by atoms with Crippen LogP contribution < -0.4 is 0 Å². The van der Waals surface area contributed by atoms with Gasteiger partial charge in [0.25, 0.3) is 0 Å². The van der Waals surface area contributed by atoms with Crippen molar-refractivity contribution in [1.29, 1.82) is 0 Å². The monoisotopic (exact) mass is 212 g/mol. The molecule has 0 atom stereocenters. The standard InChI is InChI=1S/C13H24O2/c1-5-10-8-11(9-10)6-7-12(14)15-13(2,3)4/h10-11H,5-9H2,1-4H3. The van der Waals surface area contributed by atoms with Gasteiger partial charge in [0.05, 0.1) is 0 Å². The first-order valence-corrected chi connectivity index (χ1v) is 6.12. The molecule has 0 aromatic rings. The predicted molar refractivity (Wildman–Crippen MR) is 61.6 cm³/mol. The minimum absolute atomic E-state index is 0.0394.